The number of carboxylic acids is 1. The van der Waals surface area contributed by atoms with E-state index in [1.165, 1.54) is 16.2 Å². The maximum absolute atomic E-state index is 14.4. The number of nitrogens with one attached hydrogen (secondary N) is 2. The van der Waals surface area contributed by atoms with Crippen LogP contribution in [0.5, 0.6) is 0 Å². The van der Waals surface area contributed by atoms with Crippen molar-refractivity contribution in [3.63, 3.8) is 0 Å². The summed E-state index contributed by atoms with van der Waals surface area (Å²) in [6.07, 6.45) is -1.27. The Morgan fingerprint density at radius 2 is 1.82 bits per heavy atom. The van der Waals surface area contributed by atoms with Gasteiger partial charge in [0.15, 0.2) is 5.67 Å². The molecule has 2 aliphatic rings. The number of aliphatic carboxylic acids is 1. The number of aromatic nitrogens is 1. The van der Waals surface area contributed by atoms with E-state index in [4.69, 9.17) is 0 Å². The highest BCUT2D eigenvalue weighted by molar-refractivity contribution is 7.13. The van der Waals surface area contributed by atoms with E-state index in [1.807, 2.05) is 19.1 Å². The number of likely N-dealkylation sites (tertiary alicyclic amines) is 1. The monoisotopic (exact) mass is 574 g/mol. The van der Waals surface area contributed by atoms with Crippen LogP contribution in [-0.4, -0.2) is 74.2 Å². The Balaban J connectivity index is 1.53. The molecule has 2 fully saturated rings. The predicted octanol–water partition coefficient (Wildman–Crippen LogP) is 2.75. The van der Waals surface area contributed by atoms with Crippen LogP contribution in [0.2, 0.25) is 0 Å². The van der Waals surface area contributed by atoms with Crippen LogP contribution in [0.1, 0.15) is 63.8 Å². The van der Waals surface area contributed by atoms with Gasteiger partial charge in [0.1, 0.15) is 12.1 Å². The highest BCUT2D eigenvalue weighted by atomic mass is 32.1. The predicted molar refractivity (Wildman–Crippen MR) is 146 cm³/mol. The number of nitrogens with zero attached hydrogens (tertiary/aromatic N) is 2. The van der Waals surface area contributed by atoms with E-state index in [0.717, 1.165) is 16.1 Å². The van der Waals surface area contributed by atoms with Crippen LogP contribution >= 0.6 is 11.3 Å². The SMILES string of the molecule is Cc1ncsc1-c1ccc([C@@H](CC(=O)O)NC(=O)[C@@H]2C[C@@H](O)CN2C(=O)[C@@H](NC(=O)C2(F)CC2)C(C)(C)C)cc1. The van der Waals surface area contributed by atoms with Gasteiger partial charge in [-0.2, -0.15) is 0 Å². The van der Waals surface area contributed by atoms with Crippen LogP contribution in [0.4, 0.5) is 4.39 Å². The first kappa shape index (κ1) is 29.6. The minimum Gasteiger partial charge on any atom is -0.481 e. The molecule has 0 bridgehead atoms. The fourth-order valence-corrected chi connectivity index (χ4v) is 5.67. The molecule has 1 aliphatic carbocycles. The summed E-state index contributed by atoms with van der Waals surface area (Å²) < 4.78 is 14.4. The van der Waals surface area contributed by atoms with Gasteiger partial charge in [-0.15, -0.1) is 11.3 Å². The van der Waals surface area contributed by atoms with Crippen LogP contribution in [0.3, 0.4) is 0 Å². The normalized spacial score (nSPS) is 21.4. The van der Waals surface area contributed by atoms with Crippen molar-refractivity contribution >= 4 is 35.0 Å². The Bertz CT molecular complexity index is 1290. The number of β-amino-alcohol motifs (C(OH)–C–C–N with tert-alkyl or cyclic N) is 1. The average Bonchev–Trinajstić information content (AvgIpc) is 3.28. The van der Waals surface area contributed by atoms with Gasteiger partial charge >= 0.3 is 5.97 Å². The number of carbonyl (C=O) groups is 4. The quantitative estimate of drug-likeness (QED) is 0.360. The molecular weight excluding hydrogens is 539 g/mol. The number of alkyl halides is 1. The molecule has 216 valence electrons. The van der Waals surface area contributed by atoms with Crippen molar-refractivity contribution in [2.24, 2.45) is 5.41 Å². The summed E-state index contributed by atoms with van der Waals surface area (Å²) in [5, 5.41) is 25.2. The Hall–Kier alpha value is -3.38. The number of thiazole rings is 1. The van der Waals surface area contributed by atoms with Gasteiger partial charge in [-0.25, -0.2) is 9.37 Å². The van der Waals surface area contributed by atoms with Gasteiger partial charge in [0.2, 0.25) is 11.8 Å². The van der Waals surface area contributed by atoms with Crippen LogP contribution in [-0.2, 0) is 19.2 Å². The van der Waals surface area contributed by atoms with E-state index in [2.05, 4.69) is 15.6 Å². The topological polar surface area (TPSA) is 149 Å². The molecule has 4 rings (SSSR count). The molecule has 4 atom stereocenters. The van der Waals surface area contributed by atoms with E-state index in [1.54, 1.807) is 38.4 Å². The van der Waals surface area contributed by atoms with Gasteiger partial charge in [-0.3, -0.25) is 19.2 Å². The Morgan fingerprint density at radius 1 is 1.18 bits per heavy atom. The summed E-state index contributed by atoms with van der Waals surface area (Å²) >= 11 is 1.49. The third-order valence-electron chi connectivity index (χ3n) is 7.37. The molecule has 1 saturated heterocycles. The van der Waals surface area contributed by atoms with Crippen molar-refractivity contribution in [1.29, 1.82) is 0 Å². The number of amides is 3. The molecule has 40 heavy (non-hydrogen) atoms. The lowest BCUT2D eigenvalue weighted by Crippen LogP contribution is -2.59. The van der Waals surface area contributed by atoms with E-state index in [-0.39, 0.29) is 25.8 Å². The molecule has 1 aliphatic heterocycles. The highest BCUT2D eigenvalue weighted by Crippen LogP contribution is 2.40. The van der Waals surface area contributed by atoms with Crippen molar-refractivity contribution in [1.82, 2.24) is 20.5 Å². The maximum atomic E-state index is 14.4. The number of aryl methyl sites for hydroxylation is 1. The third-order valence-corrected chi connectivity index (χ3v) is 8.34. The number of benzene rings is 1. The molecule has 1 aromatic heterocycles. The standard InChI is InChI=1S/C28H35FN4O6S/c1-15-22(40-14-30-15)17-7-5-16(6-8-17)19(12-21(35)36)31-24(37)20-11-18(34)13-33(20)25(38)23(27(2,3)4)32-26(39)28(29)9-10-28/h5-8,14,18-20,23,34H,9-13H2,1-4H3,(H,31,37)(H,32,39)(H,35,36)/t18-,19-,20+,23-/m1/s1. The molecule has 4 N–H and O–H groups in total. The van der Waals surface area contributed by atoms with Crippen molar-refractivity contribution < 1.29 is 33.8 Å². The number of hydrogen-bond donors (Lipinski definition) is 4. The molecule has 0 radical (unpaired) electrons. The molecule has 1 aromatic carbocycles. The summed E-state index contributed by atoms with van der Waals surface area (Å²) in [5.74, 6) is -3.22. The minimum absolute atomic E-state index is 0.0567. The molecule has 0 spiro atoms. The van der Waals surface area contributed by atoms with E-state index >= 15 is 0 Å². The van der Waals surface area contributed by atoms with E-state index in [9.17, 15) is 33.8 Å². The maximum Gasteiger partial charge on any atom is 0.305 e. The van der Waals surface area contributed by atoms with Gasteiger partial charge in [0.05, 0.1) is 34.6 Å². The first-order valence-corrected chi connectivity index (χ1v) is 14.1. The van der Waals surface area contributed by atoms with Crippen molar-refractivity contribution in [3.05, 3.63) is 41.0 Å². The number of rotatable bonds is 9. The van der Waals surface area contributed by atoms with Gasteiger partial charge in [0.25, 0.3) is 5.91 Å². The highest BCUT2D eigenvalue weighted by Gasteiger charge is 2.53. The van der Waals surface area contributed by atoms with Gasteiger partial charge in [0, 0.05) is 13.0 Å². The first-order chi connectivity index (χ1) is 18.7. The fraction of sp³-hybridized carbons (Fsp3) is 0.536. The second-order valence-electron chi connectivity index (χ2n) is 11.7. The van der Waals surface area contributed by atoms with E-state index in [0.29, 0.717) is 5.56 Å². The summed E-state index contributed by atoms with van der Waals surface area (Å²) in [6.45, 7) is 6.90. The van der Waals surface area contributed by atoms with Crippen LogP contribution in [0.15, 0.2) is 29.8 Å². The molecule has 2 heterocycles. The average molecular weight is 575 g/mol. The fourth-order valence-electron chi connectivity index (χ4n) is 4.86. The number of carboxylic acid groups (broad SMARTS) is 1. The van der Waals surface area contributed by atoms with Gasteiger partial charge in [-0.05, 0) is 36.3 Å². The largest absolute Gasteiger partial charge is 0.481 e. The molecular formula is C28H35FN4O6S. The smallest absolute Gasteiger partial charge is 0.305 e. The number of hydrogen-bond acceptors (Lipinski definition) is 7. The Morgan fingerprint density at radius 3 is 2.35 bits per heavy atom. The zero-order chi connectivity index (χ0) is 29.4. The van der Waals surface area contributed by atoms with Crippen molar-refractivity contribution in [3.8, 4) is 10.4 Å². The third kappa shape index (κ3) is 6.49. The second kappa shape index (κ2) is 11.2. The van der Waals surface area contributed by atoms with Crippen molar-refractivity contribution in [2.45, 2.75) is 83.3 Å². The molecule has 1 saturated carbocycles. The summed E-state index contributed by atoms with van der Waals surface area (Å²) in [4.78, 5) is 57.7. The molecule has 3 amide bonds. The molecule has 0 unspecified atom stereocenters. The molecule has 10 nitrogen and oxygen atoms in total. The van der Waals surface area contributed by atoms with Crippen LogP contribution in [0.25, 0.3) is 10.4 Å². The zero-order valence-electron chi connectivity index (χ0n) is 22.9. The summed E-state index contributed by atoms with van der Waals surface area (Å²) in [6, 6.07) is 4.03. The summed E-state index contributed by atoms with van der Waals surface area (Å²) in [7, 11) is 0. The number of aliphatic hydroxyl groups excluding tert-OH is 1. The number of carbonyl (C=O) groups excluding carboxylic acids is 3. The number of aliphatic hydroxyl groups is 1. The van der Waals surface area contributed by atoms with Gasteiger partial charge < -0.3 is 25.7 Å². The van der Waals surface area contributed by atoms with Crippen molar-refractivity contribution in [2.75, 3.05) is 6.54 Å². The second-order valence-corrected chi connectivity index (χ2v) is 12.5. The lowest BCUT2D eigenvalue weighted by molar-refractivity contribution is -0.145. The first-order valence-electron chi connectivity index (χ1n) is 13.2. The number of halogens is 1. The molecule has 2 aromatic rings. The van der Waals surface area contributed by atoms with E-state index < -0.39 is 65.4 Å². The van der Waals surface area contributed by atoms with Crippen LogP contribution in [0, 0.1) is 12.3 Å². The lowest BCUT2D eigenvalue weighted by Gasteiger charge is -2.36. The molecule has 12 heteroatoms. The summed E-state index contributed by atoms with van der Waals surface area (Å²) in [5.41, 5.74) is 1.31. The Kier molecular flexibility index (Phi) is 8.32. The lowest BCUT2D eigenvalue weighted by atomic mass is 9.85. The van der Waals surface area contributed by atoms with Crippen LogP contribution < -0.4 is 10.6 Å². The van der Waals surface area contributed by atoms with Gasteiger partial charge in [-0.1, -0.05) is 45.0 Å². The zero-order valence-corrected chi connectivity index (χ0v) is 23.8. The Labute approximate surface area is 236 Å². The minimum atomic E-state index is -1.98.